The lowest BCUT2D eigenvalue weighted by molar-refractivity contribution is -0.116. The number of benzene rings is 1. The number of ether oxygens (including phenoxy) is 1. The van der Waals surface area contributed by atoms with Crippen LogP contribution in [-0.4, -0.2) is 22.3 Å². The number of carbonyl (C=O) groups is 1. The van der Waals surface area contributed by atoms with E-state index in [-0.39, 0.29) is 5.91 Å². The van der Waals surface area contributed by atoms with Gasteiger partial charge in [-0.1, -0.05) is 25.5 Å². The van der Waals surface area contributed by atoms with Crippen LogP contribution in [-0.2, 0) is 11.3 Å². The van der Waals surface area contributed by atoms with Crippen molar-refractivity contribution < 1.29 is 9.53 Å². The molecule has 5 nitrogen and oxygen atoms in total. The van der Waals surface area contributed by atoms with Gasteiger partial charge in [0, 0.05) is 19.2 Å². The molecule has 0 saturated carbocycles. The zero-order valence-corrected chi connectivity index (χ0v) is 13.2. The first-order chi connectivity index (χ1) is 10.7. The molecule has 1 aromatic carbocycles. The Kier molecular flexibility index (Phi) is 6.01. The van der Waals surface area contributed by atoms with E-state index in [1.165, 1.54) is 0 Å². The molecule has 0 unspecified atom stereocenters. The predicted octanol–water partition coefficient (Wildman–Crippen LogP) is 3.40. The van der Waals surface area contributed by atoms with Gasteiger partial charge in [-0.15, -0.1) is 0 Å². The Labute approximate surface area is 131 Å². The molecule has 0 saturated heterocycles. The van der Waals surface area contributed by atoms with Crippen molar-refractivity contribution >= 4 is 11.6 Å². The number of nitrogens with zero attached hydrogens (tertiary/aromatic N) is 2. The van der Waals surface area contributed by atoms with Crippen molar-refractivity contribution in [1.29, 1.82) is 0 Å². The SMILES string of the molecule is CCCCOc1ccccc1NC(=O)CCn1cc(C)cn1. The van der Waals surface area contributed by atoms with Crippen LogP contribution in [0.25, 0.3) is 0 Å². The Morgan fingerprint density at radius 3 is 2.91 bits per heavy atom. The molecule has 0 aliphatic carbocycles. The summed E-state index contributed by atoms with van der Waals surface area (Å²) in [6.45, 7) is 5.33. The summed E-state index contributed by atoms with van der Waals surface area (Å²) in [5.41, 5.74) is 1.82. The fraction of sp³-hybridized carbons (Fsp3) is 0.412. The van der Waals surface area contributed by atoms with Gasteiger partial charge in [0.15, 0.2) is 0 Å². The van der Waals surface area contributed by atoms with Crippen molar-refractivity contribution in [2.24, 2.45) is 0 Å². The molecule has 22 heavy (non-hydrogen) atoms. The molecule has 2 rings (SSSR count). The first-order valence-corrected chi connectivity index (χ1v) is 7.69. The molecule has 0 aliphatic rings. The zero-order chi connectivity index (χ0) is 15.8. The molecular formula is C17H23N3O2. The van der Waals surface area contributed by atoms with E-state index in [0.717, 1.165) is 29.8 Å². The third-order valence-electron chi connectivity index (χ3n) is 3.25. The van der Waals surface area contributed by atoms with E-state index >= 15 is 0 Å². The highest BCUT2D eigenvalue weighted by molar-refractivity contribution is 5.92. The largest absolute Gasteiger partial charge is 0.491 e. The molecule has 0 bridgehead atoms. The molecule has 1 amide bonds. The van der Waals surface area contributed by atoms with Crippen molar-refractivity contribution in [1.82, 2.24) is 9.78 Å². The van der Waals surface area contributed by atoms with E-state index in [9.17, 15) is 4.79 Å². The third kappa shape index (κ3) is 4.91. The average molecular weight is 301 g/mol. The number of aryl methyl sites for hydroxylation is 2. The second kappa shape index (κ2) is 8.22. The zero-order valence-electron chi connectivity index (χ0n) is 13.2. The van der Waals surface area contributed by atoms with Gasteiger partial charge in [0.25, 0.3) is 0 Å². The van der Waals surface area contributed by atoms with E-state index in [2.05, 4.69) is 17.3 Å². The molecule has 5 heteroatoms. The average Bonchev–Trinajstić information content (AvgIpc) is 2.93. The maximum absolute atomic E-state index is 12.1. The molecule has 0 fully saturated rings. The van der Waals surface area contributed by atoms with Crippen molar-refractivity contribution in [2.45, 2.75) is 39.7 Å². The van der Waals surface area contributed by atoms with Gasteiger partial charge in [0.05, 0.1) is 18.5 Å². The second-order valence-electron chi connectivity index (χ2n) is 5.28. The van der Waals surface area contributed by atoms with Crippen molar-refractivity contribution in [3.63, 3.8) is 0 Å². The van der Waals surface area contributed by atoms with E-state index in [4.69, 9.17) is 4.74 Å². The quantitative estimate of drug-likeness (QED) is 0.760. The maximum Gasteiger partial charge on any atom is 0.226 e. The topological polar surface area (TPSA) is 56.1 Å². The summed E-state index contributed by atoms with van der Waals surface area (Å²) in [7, 11) is 0. The maximum atomic E-state index is 12.1. The number of unbranched alkanes of at least 4 members (excludes halogenated alkanes) is 1. The summed E-state index contributed by atoms with van der Waals surface area (Å²) >= 11 is 0. The lowest BCUT2D eigenvalue weighted by Gasteiger charge is -2.12. The van der Waals surface area contributed by atoms with Crippen LogP contribution in [0.1, 0.15) is 31.7 Å². The van der Waals surface area contributed by atoms with Gasteiger partial charge in [-0.05, 0) is 31.0 Å². The molecule has 0 atom stereocenters. The summed E-state index contributed by atoms with van der Waals surface area (Å²) < 4.78 is 7.49. The lowest BCUT2D eigenvalue weighted by atomic mass is 10.2. The Bertz CT molecular complexity index is 607. The van der Waals surface area contributed by atoms with Gasteiger partial charge in [-0.2, -0.15) is 5.10 Å². The number of amides is 1. The fourth-order valence-electron chi connectivity index (χ4n) is 2.04. The van der Waals surface area contributed by atoms with E-state index in [0.29, 0.717) is 19.6 Å². The summed E-state index contributed by atoms with van der Waals surface area (Å²) in [6, 6.07) is 7.53. The minimum Gasteiger partial charge on any atom is -0.491 e. The highest BCUT2D eigenvalue weighted by Crippen LogP contribution is 2.24. The van der Waals surface area contributed by atoms with Gasteiger partial charge in [0.1, 0.15) is 5.75 Å². The molecule has 2 aromatic rings. The number of hydrogen-bond acceptors (Lipinski definition) is 3. The smallest absolute Gasteiger partial charge is 0.226 e. The number of para-hydroxylation sites is 2. The minimum atomic E-state index is -0.0419. The Morgan fingerprint density at radius 1 is 1.36 bits per heavy atom. The molecule has 1 aromatic heterocycles. The number of anilines is 1. The first kappa shape index (κ1) is 16.1. The van der Waals surface area contributed by atoms with Gasteiger partial charge < -0.3 is 10.1 Å². The number of aromatic nitrogens is 2. The van der Waals surface area contributed by atoms with Crippen LogP contribution < -0.4 is 10.1 Å². The first-order valence-electron chi connectivity index (χ1n) is 7.69. The van der Waals surface area contributed by atoms with Crippen LogP contribution in [0.15, 0.2) is 36.7 Å². The minimum absolute atomic E-state index is 0.0419. The monoisotopic (exact) mass is 301 g/mol. The van der Waals surface area contributed by atoms with Gasteiger partial charge in [-0.25, -0.2) is 0 Å². The summed E-state index contributed by atoms with van der Waals surface area (Å²) in [6.07, 6.45) is 6.17. The Hall–Kier alpha value is -2.30. The molecule has 0 aliphatic heterocycles. The molecule has 118 valence electrons. The number of carbonyl (C=O) groups excluding carboxylic acids is 1. The highest BCUT2D eigenvalue weighted by Gasteiger charge is 2.08. The van der Waals surface area contributed by atoms with Crippen LogP contribution in [0.5, 0.6) is 5.75 Å². The van der Waals surface area contributed by atoms with E-state index < -0.39 is 0 Å². The number of hydrogen-bond donors (Lipinski definition) is 1. The van der Waals surface area contributed by atoms with Crippen LogP contribution >= 0.6 is 0 Å². The lowest BCUT2D eigenvalue weighted by Crippen LogP contribution is -2.15. The van der Waals surface area contributed by atoms with Gasteiger partial charge in [0.2, 0.25) is 5.91 Å². The fourth-order valence-corrected chi connectivity index (χ4v) is 2.04. The number of rotatable bonds is 8. The number of nitrogens with one attached hydrogen (secondary N) is 1. The summed E-state index contributed by atoms with van der Waals surface area (Å²) in [5.74, 6) is 0.680. The Morgan fingerprint density at radius 2 is 2.18 bits per heavy atom. The summed E-state index contributed by atoms with van der Waals surface area (Å²) in [5, 5.41) is 7.08. The van der Waals surface area contributed by atoms with Gasteiger partial charge in [-0.3, -0.25) is 9.48 Å². The van der Waals surface area contributed by atoms with E-state index in [1.807, 2.05) is 37.4 Å². The molecular weight excluding hydrogens is 278 g/mol. The van der Waals surface area contributed by atoms with Crippen molar-refractivity contribution in [2.75, 3.05) is 11.9 Å². The standard InChI is InChI=1S/C17H23N3O2/c1-3-4-11-22-16-8-6-5-7-15(16)19-17(21)9-10-20-13-14(2)12-18-20/h5-8,12-13H,3-4,9-11H2,1-2H3,(H,19,21). The van der Waals surface area contributed by atoms with Crippen LogP contribution in [0.2, 0.25) is 0 Å². The molecule has 0 spiro atoms. The van der Waals surface area contributed by atoms with Crippen LogP contribution in [0.3, 0.4) is 0 Å². The van der Waals surface area contributed by atoms with Gasteiger partial charge >= 0.3 is 0 Å². The predicted molar refractivity (Wildman–Crippen MR) is 87.1 cm³/mol. The summed E-state index contributed by atoms with van der Waals surface area (Å²) in [4.78, 5) is 12.1. The van der Waals surface area contributed by atoms with E-state index in [1.54, 1.807) is 10.9 Å². The van der Waals surface area contributed by atoms with Crippen LogP contribution in [0.4, 0.5) is 5.69 Å². The van der Waals surface area contributed by atoms with Crippen LogP contribution in [0, 0.1) is 6.92 Å². The molecule has 1 N–H and O–H groups in total. The highest BCUT2D eigenvalue weighted by atomic mass is 16.5. The molecule has 0 radical (unpaired) electrons. The normalized spacial score (nSPS) is 10.5. The van der Waals surface area contributed by atoms with Crippen molar-refractivity contribution in [3.05, 3.63) is 42.2 Å². The van der Waals surface area contributed by atoms with Crippen molar-refractivity contribution in [3.8, 4) is 5.75 Å². The second-order valence-corrected chi connectivity index (χ2v) is 5.28. The molecule has 1 heterocycles. The third-order valence-corrected chi connectivity index (χ3v) is 3.25. The Balaban J connectivity index is 1.87.